The average molecular weight is 753 g/mol. The summed E-state index contributed by atoms with van der Waals surface area (Å²) >= 11 is 0. The largest absolute Gasteiger partial charge is 0.480 e. The number of carbonyl (C=O) groups excluding carboxylic acids is 3. The third-order valence-corrected chi connectivity index (χ3v) is 10.4. The summed E-state index contributed by atoms with van der Waals surface area (Å²) in [7, 11) is 0. The van der Waals surface area contributed by atoms with Crippen molar-refractivity contribution >= 4 is 23.8 Å². The van der Waals surface area contributed by atoms with E-state index in [1.54, 1.807) is 0 Å². The molecule has 0 saturated carbocycles. The van der Waals surface area contributed by atoms with E-state index in [2.05, 4.69) is 24.5 Å². The Morgan fingerprint density at radius 2 is 0.849 bits per heavy atom. The van der Waals surface area contributed by atoms with E-state index in [1.165, 1.54) is 141 Å². The molecule has 0 aliphatic rings. The first-order valence-corrected chi connectivity index (χ1v) is 22.4. The predicted octanol–water partition coefficient (Wildman–Crippen LogP) is 10.9. The second kappa shape index (κ2) is 39.5. The molecule has 2 amide bonds. The van der Waals surface area contributed by atoms with E-state index >= 15 is 0 Å². The highest BCUT2D eigenvalue weighted by molar-refractivity contribution is 5.87. The zero-order valence-corrected chi connectivity index (χ0v) is 34.5. The molecule has 0 rings (SSSR count). The SMILES string of the molecule is CCCCCCCCCCCCCCCC(=O)OC(CCCCCCCCCCCCCC)CCCCCCCC(=O)NCC(=O)NC(CO)C(=O)O. The second-order valence-corrected chi connectivity index (χ2v) is 15.5. The van der Waals surface area contributed by atoms with E-state index < -0.39 is 24.5 Å². The Bertz CT molecular complexity index is 869. The van der Waals surface area contributed by atoms with Gasteiger partial charge in [0.2, 0.25) is 11.8 Å². The summed E-state index contributed by atoms with van der Waals surface area (Å²) in [5.41, 5.74) is 0. The number of aliphatic hydroxyl groups excluding tert-OH is 1. The molecule has 2 unspecified atom stereocenters. The number of carbonyl (C=O) groups is 4. The van der Waals surface area contributed by atoms with Crippen molar-refractivity contribution in [3.8, 4) is 0 Å². The fraction of sp³-hybridized carbons (Fsp3) is 0.909. The van der Waals surface area contributed by atoms with Gasteiger partial charge in [0.05, 0.1) is 13.2 Å². The lowest BCUT2D eigenvalue weighted by Gasteiger charge is -2.18. The van der Waals surface area contributed by atoms with Gasteiger partial charge in [0.1, 0.15) is 12.1 Å². The van der Waals surface area contributed by atoms with Crippen molar-refractivity contribution in [2.75, 3.05) is 13.2 Å². The molecule has 0 saturated heterocycles. The van der Waals surface area contributed by atoms with Crippen LogP contribution < -0.4 is 10.6 Å². The van der Waals surface area contributed by atoms with E-state index in [1.807, 2.05) is 0 Å². The number of ether oxygens (including phenoxy) is 1. The second-order valence-electron chi connectivity index (χ2n) is 15.5. The van der Waals surface area contributed by atoms with Gasteiger partial charge in [-0.15, -0.1) is 0 Å². The molecule has 0 aliphatic heterocycles. The van der Waals surface area contributed by atoms with Crippen LogP contribution in [0.15, 0.2) is 0 Å². The molecule has 2 atom stereocenters. The fourth-order valence-corrected chi connectivity index (χ4v) is 6.89. The molecule has 0 aliphatic carbocycles. The average Bonchev–Trinajstić information content (AvgIpc) is 3.14. The lowest BCUT2D eigenvalue weighted by molar-refractivity contribution is -0.150. The normalized spacial score (nSPS) is 12.4. The minimum Gasteiger partial charge on any atom is -0.480 e. The van der Waals surface area contributed by atoms with Gasteiger partial charge < -0.3 is 25.6 Å². The Kier molecular flexibility index (Phi) is 37.9. The highest BCUT2D eigenvalue weighted by Gasteiger charge is 2.19. The van der Waals surface area contributed by atoms with Crippen molar-refractivity contribution in [1.29, 1.82) is 0 Å². The maximum absolute atomic E-state index is 12.8. The molecule has 0 heterocycles. The van der Waals surface area contributed by atoms with Crippen molar-refractivity contribution in [3.05, 3.63) is 0 Å². The molecule has 53 heavy (non-hydrogen) atoms. The van der Waals surface area contributed by atoms with Crippen LogP contribution in [0.1, 0.15) is 232 Å². The van der Waals surface area contributed by atoms with Gasteiger partial charge in [-0.2, -0.15) is 0 Å². The summed E-state index contributed by atoms with van der Waals surface area (Å²) in [6, 6.07) is -1.38. The summed E-state index contributed by atoms with van der Waals surface area (Å²) in [6.45, 7) is 3.50. The van der Waals surface area contributed by atoms with Gasteiger partial charge in [0.15, 0.2) is 0 Å². The fourth-order valence-electron chi connectivity index (χ4n) is 6.89. The molecule has 0 radical (unpaired) electrons. The third-order valence-electron chi connectivity index (χ3n) is 10.4. The van der Waals surface area contributed by atoms with E-state index in [-0.39, 0.29) is 24.5 Å². The number of esters is 1. The van der Waals surface area contributed by atoms with E-state index in [9.17, 15) is 19.2 Å². The van der Waals surface area contributed by atoms with Crippen LogP contribution in [0.4, 0.5) is 0 Å². The number of rotatable bonds is 41. The van der Waals surface area contributed by atoms with E-state index in [0.717, 1.165) is 57.8 Å². The van der Waals surface area contributed by atoms with Crippen LogP contribution in [0.3, 0.4) is 0 Å². The summed E-state index contributed by atoms with van der Waals surface area (Å²) in [5, 5.41) is 22.6. The molecular formula is C44H84N2O7. The first-order chi connectivity index (χ1) is 25.8. The van der Waals surface area contributed by atoms with Crippen LogP contribution in [-0.2, 0) is 23.9 Å². The molecule has 9 nitrogen and oxygen atoms in total. The Balaban J connectivity index is 4.27. The standard InChI is InChI=1S/C44H84N2O7/c1-3-5-7-9-11-13-15-17-19-21-23-28-32-36-43(50)53-39(33-29-25-22-20-18-16-14-12-10-8-6-4-2)34-30-26-24-27-31-35-41(48)45-37-42(49)46-40(38-47)44(51)52/h39-40,47H,3-38H2,1-2H3,(H,45,48)(H,46,49)(H,51,52). The zero-order valence-electron chi connectivity index (χ0n) is 34.5. The van der Waals surface area contributed by atoms with Gasteiger partial charge in [-0.1, -0.05) is 181 Å². The molecule has 312 valence electrons. The van der Waals surface area contributed by atoms with Crippen molar-refractivity contribution in [2.24, 2.45) is 0 Å². The van der Waals surface area contributed by atoms with Crippen LogP contribution >= 0.6 is 0 Å². The van der Waals surface area contributed by atoms with Crippen LogP contribution in [0.2, 0.25) is 0 Å². The van der Waals surface area contributed by atoms with Gasteiger partial charge in [0, 0.05) is 12.8 Å². The lowest BCUT2D eigenvalue weighted by atomic mass is 10.0. The number of hydrogen-bond acceptors (Lipinski definition) is 6. The highest BCUT2D eigenvalue weighted by atomic mass is 16.5. The van der Waals surface area contributed by atoms with Crippen LogP contribution in [-0.4, -0.2) is 59.3 Å². The summed E-state index contributed by atoms with van der Waals surface area (Å²) in [5.74, 6) is -2.27. The topological polar surface area (TPSA) is 142 Å². The van der Waals surface area contributed by atoms with Crippen molar-refractivity contribution in [1.82, 2.24) is 10.6 Å². The zero-order chi connectivity index (χ0) is 39.0. The van der Waals surface area contributed by atoms with Crippen LogP contribution in [0.5, 0.6) is 0 Å². The van der Waals surface area contributed by atoms with Gasteiger partial charge in [-0.3, -0.25) is 14.4 Å². The first kappa shape index (κ1) is 50.8. The highest BCUT2D eigenvalue weighted by Crippen LogP contribution is 2.19. The van der Waals surface area contributed by atoms with E-state index in [4.69, 9.17) is 14.9 Å². The Morgan fingerprint density at radius 3 is 1.23 bits per heavy atom. The van der Waals surface area contributed by atoms with E-state index in [0.29, 0.717) is 19.3 Å². The van der Waals surface area contributed by atoms with Gasteiger partial charge in [0.25, 0.3) is 0 Å². The Hall–Kier alpha value is -2.16. The minimum absolute atomic E-state index is 0.00363. The predicted molar refractivity (Wildman–Crippen MR) is 218 cm³/mol. The molecule has 0 bridgehead atoms. The molecule has 0 aromatic carbocycles. The van der Waals surface area contributed by atoms with Gasteiger partial charge >= 0.3 is 11.9 Å². The molecular weight excluding hydrogens is 668 g/mol. The summed E-state index contributed by atoms with van der Waals surface area (Å²) < 4.78 is 6.04. The smallest absolute Gasteiger partial charge is 0.328 e. The van der Waals surface area contributed by atoms with Crippen molar-refractivity contribution in [2.45, 2.75) is 244 Å². The maximum Gasteiger partial charge on any atom is 0.328 e. The third kappa shape index (κ3) is 36.6. The van der Waals surface area contributed by atoms with Crippen LogP contribution in [0, 0.1) is 0 Å². The number of carboxylic acids is 1. The summed E-state index contributed by atoms with van der Waals surface area (Å²) in [4.78, 5) is 47.6. The van der Waals surface area contributed by atoms with Gasteiger partial charge in [-0.05, 0) is 38.5 Å². The number of unbranched alkanes of at least 4 members (excludes halogenated alkanes) is 27. The van der Waals surface area contributed by atoms with Crippen molar-refractivity contribution < 1.29 is 34.1 Å². The quantitative estimate of drug-likeness (QED) is 0.0360. The minimum atomic E-state index is -1.38. The molecule has 0 aromatic heterocycles. The number of hydrogen-bond donors (Lipinski definition) is 4. The number of nitrogens with one attached hydrogen (secondary N) is 2. The molecule has 0 aromatic rings. The molecule has 0 spiro atoms. The van der Waals surface area contributed by atoms with Crippen molar-refractivity contribution in [3.63, 3.8) is 0 Å². The van der Waals surface area contributed by atoms with Crippen LogP contribution in [0.25, 0.3) is 0 Å². The number of amides is 2. The number of aliphatic carboxylic acids is 1. The lowest BCUT2D eigenvalue weighted by Crippen LogP contribution is -2.47. The molecule has 9 heteroatoms. The molecule has 0 fully saturated rings. The Labute approximate surface area is 325 Å². The number of carboxylic acid groups (broad SMARTS) is 1. The number of aliphatic hydroxyl groups is 1. The Morgan fingerprint density at radius 1 is 0.491 bits per heavy atom. The summed E-state index contributed by atoms with van der Waals surface area (Å²) in [6.07, 6.45) is 39.8. The monoisotopic (exact) mass is 753 g/mol. The molecule has 4 N–H and O–H groups in total. The van der Waals surface area contributed by atoms with Gasteiger partial charge in [-0.25, -0.2) is 4.79 Å². The maximum atomic E-state index is 12.8. The first-order valence-electron chi connectivity index (χ1n) is 22.4.